The summed E-state index contributed by atoms with van der Waals surface area (Å²) >= 11 is 5.19. The molecule has 0 bridgehead atoms. The number of hydrogen-bond donors (Lipinski definition) is 1. The fourth-order valence-corrected chi connectivity index (χ4v) is 2.81. The molecule has 1 aromatic heterocycles. The number of benzene rings is 1. The second-order valence-corrected chi connectivity index (χ2v) is 5.81. The van der Waals surface area contributed by atoms with Gasteiger partial charge in [-0.15, -0.1) is 11.3 Å². The second-order valence-electron chi connectivity index (χ2n) is 3.70. The van der Waals surface area contributed by atoms with Gasteiger partial charge in [0.15, 0.2) is 0 Å². The molecule has 0 unspecified atom stereocenters. The first-order chi connectivity index (χ1) is 8.19. The summed E-state index contributed by atoms with van der Waals surface area (Å²) in [7, 11) is 0. The normalized spacial score (nSPS) is 10.5. The van der Waals surface area contributed by atoms with E-state index in [-0.39, 0.29) is 5.82 Å². The van der Waals surface area contributed by atoms with Gasteiger partial charge in [0.25, 0.3) is 0 Å². The summed E-state index contributed by atoms with van der Waals surface area (Å²) in [5, 5.41) is 3.23. The van der Waals surface area contributed by atoms with Crippen LogP contribution >= 0.6 is 27.3 Å². The van der Waals surface area contributed by atoms with Crippen LogP contribution in [-0.2, 0) is 13.0 Å². The van der Waals surface area contributed by atoms with E-state index in [2.05, 4.69) is 40.3 Å². The Morgan fingerprint density at radius 3 is 2.71 bits per heavy atom. The Kier molecular flexibility index (Phi) is 4.18. The molecule has 1 nitrogen and oxygen atoms in total. The molecule has 4 heteroatoms. The molecular weight excluding hydrogens is 301 g/mol. The van der Waals surface area contributed by atoms with Crippen molar-refractivity contribution in [2.45, 2.75) is 19.9 Å². The Hall–Kier alpha value is -0.870. The highest BCUT2D eigenvalue weighted by atomic mass is 79.9. The predicted octanol–water partition coefficient (Wildman–Crippen LogP) is 4.82. The number of nitrogens with one attached hydrogen (secondary N) is 1. The molecule has 0 aliphatic heterocycles. The van der Waals surface area contributed by atoms with Gasteiger partial charge in [0.05, 0.1) is 5.69 Å². The number of anilines is 1. The van der Waals surface area contributed by atoms with E-state index in [0.717, 1.165) is 23.1 Å². The number of rotatable bonds is 4. The fraction of sp³-hybridized carbons (Fsp3) is 0.231. The summed E-state index contributed by atoms with van der Waals surface area (Å²) in [5.41, 5.74) is 0.788. The molecule has 0 amide bonds. The van der Waals surface area contributed by atoms with E-state index in [1.807, 2.05) is 0 Å². The SMILES string of the molecule is CCc1ccc(CNc2cc(F)ccc2Br)s1. The van der Waals surface area contributed by atoms with Gasteiger partial charge in [-0.25, -0.2) is 4.39 Å². The standard InChI is InChI=1S/C13H13BrFNS/c1-2-10-4-5-11(17-10)8-16-13-7-9(15)3-6-12(13)14/h3-7,16H,2,8H2,1H3. The largest absolute Gasteiger partial charge is 0.379 e. The van der Waals surface area contributed by atoms with E-state index in [1.54, 1.807) is 17.4 Å². The lowest BCUT2D eigenvalue weighted by Crippen LogP contribution is -1.98. The number of thiophene rings is 1. The zero-order chi connectivity index (χ0) is 12.3. The van der Waals surface area contributed by atoms with Gasteiger partial charge in [0.1, 0.15) is 5.82 Å². The number of halogens is 2. The minimum Gasteiger partial charge on any atom is -0.379 e. The maximum absolute atomic E-state index is 13.1. The van der Waals surface area contributed by atoms with E-state index >= 15 is 0 Å². The maximum Gasteiger partial charge on any atom is 0.125 e. The smallest absolute Gasteiger partial charge is 0.125 e. The van der Waals surface area contributed by atoms with Crippen molar-refractivity contribution >= 4 is 33.0 Å². The minimum absolute atomic E-state index is 0.226. The lowest BCUT2D eigenvalue weighted by molar-refractivity contribution is 0.628. The summed E-state index contributed by atoms with van der Waals surface area (Å²) in [4.78, 5) is 2.64. The Bertz CT molecular complexity index is 510. The minimum atomic E-state index is -0.226. The summed E-state index contributed by atoms with van der Waals surface area (Å²) in [6.45, 7) is 2.87. The van der Waals surface area contributed by atoms with Crippen LogP contribution in [0.4, 0.5) is 10.1 Å². The maximum atomic E-state index is 13.1. The molecule has 0 saturated carbocycles. The lowest BCUT2D eigenvalue weighted by Gasteiger charge is -2.07. The van der Waals surface area contributed by atoms with Crippen LogP contribution in [0.25, 0.3) is 0 Å². The van der Waals surface area contributed by atoms with Crippen LogP contribution < -0.4 is 5.32 Å². The molecule has 1 N–H and O–H groups in total. The van der Waals surface area contributed by atoms with Crippen molar-refractivity contribution in [3.05, 3.63) is 50.4 Å². The predicted molar refractivity (Wildman–Crippen MR) is 75.1 cm³/mol. The van der Waals surface area contributed by atoms with Gasteiger partial charge in [-0.1, -0.05) is 6.92 Å². The van der Waals surface area contributed by atoms with Crippen molar-refractivity contribution in [3.63, 3.8) is 0 Å². The van der Waals surface area contributed by atoms with E-state index in [0.29, 0.717) is 0 Å². The molecule has 2 rings (SSSR count). The molecule has 0 spiro atoms. The van der Waals surface area contributed by atoms with Crippen LogP contribution in [0.3, 0.4) is 0 Å². The second kappa shape index (κ2) is 5.65. The van der Waals surface area contributed by atoms with Crippen LogP contribution in [0.2, 0.25) is 0 Å². The van der Waals surface area contributed by atoms with Crippen molar-refractivity contribution in [1.82, 2.24) is 0 Å². The van der Waals surface area contributed by atoms with E-state index < -0.39 is 0 Å². The van der Waals surface area contributed by atoms with Crippen LogP contribution in [0.5, 0.6) is 0 Å². The first kappa shape index (κ1) is 12.6. The first-order valence-electron chi connectivity index (χ1n) is 5.45. The highest BCUT2D eigenvalue weighted by Crippen LogP contribution is 2.25. The molecule has 0 radical (unpaired) electrons. The van der Waals surface area contributed by atoms with Crippen molar-refractivity contribution in [3.8, 4) is 0 Å². The molecular formula is C13H13BrFNS. The van der Waals surface area contributed by atoms with Crippen molar-refractivity contribution in [1.29, 1.82) is 0 Å². The molecule has 1 heterocycles. The van der Waals surface area contributed by atoms with E-state index in [9.17, 15) is 4.39 Å². The van der Waals surface area contributed by atoms with Gasteiger partial charge in [-0.2, -0.15) is 0 Å². The van der Waals surface area contributed by atoms with Gasteiger partial charge < -0.3 is 5.32 Å². The summed E-state index contributed by atoms with van der Waals surface area (Å²) < 4.78 is 14.0. The zero-order valence-corrected chi connectivity index (χ0v) is 11.9. The Labute approximate surface area is 113 Å². The van der Waals surface area contributed by atoms with Crippen molar-refractivity contribution in [2.75, 3.05) is 5.32 Å². The summed E-state index contributed by atoms with van der Waals surface area (Å²) in [6, 6.07) is 8.91. The third-order valence-electron chi connectivity index (χ3n) is 2.45. The van der Waals surface area contributed by atoms with Crippen molar-refractivity contribution in [2.24, 2.45) is 0 Å². The molecule has 0 aliphatic rings. The molecule has 0 saturated heterocycles. The average molecular weight is 314 g/mol. The van der Waals surface area contributed by atoms with Crippen LogP contribution in [0.15, 0.2) is 34.8 Å². The molecule has 0 atom stereocenters. The fourth-order valence-electron chi connectivity index (χ4n) is 1.52. The number of aryl methyl sites for hydroxylation is 1. The van der Waals surface area contributed by atoms with Gasteiger partial charge in [0, 0.05) is 20.8 Å². The summed E-state index contributed by atoms with van der Waals surface area (Å²) in [5.74, 6) is -0.226. The van der Waals surface area contributed by atoms with Gasteiger partial charge in [-0.05, 0) is 52.7 Å². The van der Waals surface area contributed by atoms with Gasteiger partial charge in [-0.3, -0.25) is 0 Å². The van der Waals surface area contributed by atoms with E-state index in [1.165, 1.54) is 21.9 Å². The Morgan fingerprint density at radius 1 is 1.24 bits per heavy atom. The quantitative estimate of drug-likeness (QED) is 0.853. The van der Waals surface area contributed by atoms with Gasteiger partial charge in [0.2, 0.25) is 0 Å². The third kappa shape index (κ3) is 3.30. The number of hydrogen-bond acceptors (Lipinski definition) is 2. The van der Waals surface area contributed by atoms with Crippen molar-refractivity contribution < 1.29 is 4.39 Å². The summed E-state index contributed by atoms with van der Waals surface area (Å²) in [6.07, 6.45) is 1.06. The lowest BCUT2D eigenvalue weighted by atomic mass is 10.3. The molecule has 0 aliphatic carbocycles. The first-order valence-corrected chi connectivity index (χ1v) is 7.06. The monoisotopic (exact) mass is 313 g/mol. The zero-order valence-electron chi connectivity index (χ0n) is 9.47. The Morgan fingerprint density at radius 2 is 2.00 bits per heavy atom. The van der Waals surface area contributed by atoms with Crippen LogP contribution in [0.1, 0.15) is 16.7 Å². The molecule has 17 heavy (non-hydrogen) atoms. The molecule has 90 valence electrons. The van der Waals surface area contributed by atoms with Gasteiger partial charge >= 0.3 is 0 Å². The van der Waals surface area contributed by atoms with Crippen LogP contribution in [0, 0.1) is 5.82 Å². The average Bonchev–Trinajstić information content (AvgIpc) is 2.78. The molecule has 2 aromatic rings. The Balaban J connectivity index is 2.04. The van der Waals surface area contributed by atoms with Crippen LogP contribution in [-0.4, -0.2) is 0 Å². The molecule has 0 fully saturated rings. The highest BCUT2D eigenvalue weighted by Gasteiger charge is 2.03. The van der Waals surface area contributed by atoms with E-state index in [4.69, 9.17) is 0 Å². The topological polar surface area (TPSA) is 12.0 Å². The molecule has 1 aromatic carbocycles. The third-order valence-corrected chi connectivity index (χ3v) is 4.37. The highest BCUT2D eigenvalue weighted by molar-refractivity contribution is 9.10.